The quantitative estimate of drug-likeness (QED) is 0.924. The molecule has 0 amide bonds. The minimum atomic E-state index is 0.0244. The normalized spacial score (nSPS) is 15.9. The summed E-state index contributed by atoms with van der Waals surface area (Å²) >= 11 is 1.79. The smallest absolute Gasteiger partial charge is 0.162 e. The van der Waals surface area contributed by atoms with Crippen molar-refractivity contribution in [3.8, 4) is 11.5 Å². The molecule has 1 N–H and O–H groups in total. The van der Waals surface area contributed by atoms with E-state index >= 15 is 0 Å². The van der Waals surface area contributed by atoms with Crippen molar-refractivity contribution < 1.29 is 9.47 Å². The van der Waals surface area contributed by atoms with Gasteiger partial charge in [0.15, 0.2) is 11.5 Å². The fourth-order valence-electron chi connectivity index (χ4n) is 2.82. The Hall–Kier alpha value is -1.88. The van der Waals surface area contributed by atoms with Crippen LogP contribution in [0.15, 0.2) is 29.6 Å². The number of fused-ring (bicyclic) bond motifs is 1. The summed E-state index contributed by atoms with van der Waals surface area (Å²) < 4.78 is 10.9. The molecule has 2 heterocycles. The third-order valence-corrected chi connectivity index (χ3v) is 4.99. The molecule has 0 spiro atoms. The third kappa shape index (κ3) is 2.61. The maximum absolute atomic E-state index is 5.48. The van der Waals surface area contributed by atoms with Crippen LogP contribution >= 0.6 is 11.3 Å². The highest BCUT2D eigenvalue weighted by Gasteiger charge is 2.34. The summed E-state index contributed by atoms with van der Waals surface area (Å²) in [6, 6.07) is 8.37. The summed E-state index contributed by atoms with van der Waals surface area (Å²) in [6.07, 6.45) is 0. The van der Waals surface area contributed by atoms with Gasteiger partial charge in [0.25, 0.3) is 0 Å². The highest BCUT2D eigenvalue weighted by atomic mass is 32.1. The Balaban J connectivity index is 2.05. The van der Waals surface area contributed by atoms with Gasteiger partial charge in [-0.3, -0.25) is 0 Å². The molecular formula is C17H22N2O2S. The molecule has 5 heteroatoms. The maximum atomic E-state index is 5.48. The summed E-state index contributed by atoms with van der Waals surface area (Å²) in [5, 5.41) is 5.64. The molecule has 0 unspecified atom stereocenters. The molecule has 3 rings (SSSR count). The monoisotopic (exact) mass is 318 g/mol. The molecule has 1 aliphatic rings. The second-order valence-corrected chi connectivity index (χ2v) is 7.09. The molecule has 0 bridgehead atoms. The number of thiophene rings is 1. The van der Waals surface area contributed by atoms with E-state index in [1.54, 1.807) is 25.6 Å². The maximum Gasteiger partial charge on any atom is 0.162 e. The summed E-state index contributed by atoms with van der Waals surface area (Å²) in [5.74, 6) is 1.52. The molecule has 0 radical (unpaired) electrons. The molecule has 22 heavy (non-hydrogen) atoms. The number of benzene rings is 1. The largest absolute Gasteiger partial charge is 0.493 e. The number of methoxy groups -OCH3 is 2. The fraction of sp³-hybridized carbons (Fsp3) is 0.412. The molecule has 1 aromatic heterocycles. The number of ether oxygens (including phenoxy) is 2. The Labute approximate surface area is 135 Å². The average Bonchev–Trinajstić information content (AvgIpc) is 3.02. The predicted molar refractivity (Wildman–Crippen MR) is 92.6 cm³/mol. The summed E-state index contributed by atoms with van der Waals surface area (Å²) in [4.78, 5) is 3.79. The van der Waals surface area contributed by atoms with E-state index in [-0.39, 0.29) is 5.54 Å². The van der Waals surface area contributed by atoms with Gasteiger partial charge in [-0.25, -0.2) is 0 Å². The second-order valence-electron chi connectivity index (χ2n) is 6.06. The van der Waals surface area contributed by atoms with Crippen molar-refractivity contribution >= 4 is 22.7 Å². The Morgan fingerprint density at radius 1 is 1.23 bits per heavy atom. The molecule has 0 saturated carbocycles. The average molecular weight is 318 g/mol. The van der Waals surface area contributed by atoms with Gasteiger partial charge in [0.2, 0.25) is 0 Å². The molecule has 1 aromatic carbocycles. The lowest BCUT2D eigenvalue weighted by atomic mass is 9.97. The summed E-state index contributed by atoms with van der Waals surface area (Å²) in [6.45, 7) is 6.30. The Morgan fingerprint density at radius 3 is 2.59 bits per heavy atom. The van der Waals surface area contributed by atoms with Gasteiger partial charge in [-0.05, 0) is 25.3 Å². The Morgan fingerprint density at radius 2 is 1.95 bits per heavy atom. The van der Waals surface area contributed by atoms with Crippen LogP contribution in [0.5, 0.6) is 11.5 Å². The molecule has 0 saturated heterocycles. The van der Waals surface area contributed by atoms with Crippen molar-refractivity contribution in [2.45, 2.75) is 25.9 Å². The number of anilines is 2. The van der Waals surface area contributed by atoms with Crippen molar-refractivity contribution in [3.05, 3.63) is 34.5 Å². The lowest BCUT2D eigenvalue weighted by molar-refractivity contribution is 0.354. The zero-order chi connectivity index (χ0) is 15.7. The van der Waals surface area contributed by atoms with Crippen LogP contribution in [0, 0.1) is 0 Å². The molecule has 1 aliphatic heterocycles. The lowest BCUT2D eigenvalue weighted by Gasteiger charge is -2.45. The number of hydrogen-bond acceptors (Lipinski definition) is 5. The Kier molecular flexibility index (Phi) is 3.91. The standard InChI is InChI=1S/C17H22N2O2S/c1-17(2)11-18-13-8-15(20-3)16(21-4)9-14(13)19(17)10-12-6-5-7-22-12/h5-9,18H,10-11H2,1-4H3. The van der Waals surface area contributed by atoms with E-state index in [9.17, 15) is 0 Å². The minimum Gasteiger partial charge on any atom is -0.493 e. The van der Waals surface area contributed by atoms with Crippen molar-refractivity contribution in [2.24, 2.45) is 0 Å². The van der Waals surface area contributed by atoms with Gasteiger partial charge in [-0.1, -0.05) is 6.07 Å². The fourth-order valence-corrected chi connectivity index (χ4v) is 3.52. The molecular weight excluding hydrogens is 296 g/mol. The van der Waals surface area contributed by atoms with Gasteiger partial charge >= 0.3 is 0 Å². The van der Waals surface area contributed by atoms with Crippen LogP contribution in [0.2, 0.25) is 0 Å². The molecule has 0 fully saturated rings. The molecule has 0 atom stereocenters. The minimum absolute atomic E-state index is 0.0244. The first-order chi connectivity index (χ1) is 10.5. The highest BCUT2D eigenvalue weighted by Crippen LogP contribution is 2.44. The first kappa shape index (κ1) is 15.0. The van der Waals surface area contributed by atoms with Crippen LogP contribution in [0.1, 0.15) is 18.7 Å². The van der Waals surface area contributed by atoms with Crippen LogP contribution in [0.25, 0.3) is 0 Å². The number of nitrogens with one attached hydrogen (secondary N) is 1. The van der Waals surface area contributed by atoms with E-state index in [4.69, 9.17) is 9.47 Å². The molecule has 2 aromatic rings. The van der Waals surface area contributed by atoms with Gasteiger partial charge in [0.05, 0.1) is 37.7 Å². The topological polar surface area (TPSA) is 33.7 Å². The van der Waals surface area contributed by atoms with Gasteiger partial charge in [0.1, 0.15) is 0 Å². The highest BCUT2D eigenvalue weighted by molar-refractivity contribution is 7.09. The van der Waals surface area contributed by atoms with E-state index < -0.39 is 0 Å². The lowest BCUT2D eigenvalue weighted by Crippen LogP contribution is -2.51. The summed E-state index contributed by atoms with van der Waals surface area (Å²) in [7, 11) is 3.34. The van der Waals surface area contributed by atoms with E-state index in [0.29, 0.717) is 0 Å². The van der Waals surface area contributed by atoms with Crippen LogP contribution in [0.3, 0.4) is 0 Å². The zero-order valence-corrected chi connectivity index (χ0v) is 14.3. The van der Waals surface area contributed by atoms with Gasteiger partial charge in [-0.15, -0.1) is 11.3 Å². The van der Waals surface area contributed by atoms with E-state index in [2.05, 4.69) is 47.6 Å². The zero-order valence-electron chi connectivity index (χ0n) is 13.5. The van der Waals surface area contributed by atoms with Crippen molar-refractivity contribution in [1.82, 2.24) is 0 Å². The van der Waals surface area contributed by atoms with Crippen LogP contribution in [-0.2, 0) is 6.54 Å². The molecule has 0 aliphatic carbocycles. The summed E-state index contributed by atoms with van der Waals surface area (Å²) in [5.41, 5.74) is 2.27. The SMILES string of the molecule is COc1cc2c(cc1OC)N(Cc1cccs1)C(C)(C)CN2. The van der Waals surface area contributed by atoms with E-state index in [1.807, 2.05) is 6.07 Å². The number of nitrogens with zero attached hydrogens (tertiary/aromatic N) is 1. The Bertz CT molecular complexity index is 653. The van der Waals surface area contributed by atoms with Crippen molar-refractivity contribution in [2.75, 3.05) is 31.0 Å². The van der Waals surface area contributed by atoms with Crippen molar-refractivity contribution in [1.29, 1.82) is 0 Å². The first-order valence-electron chi connectivity index (χ1n) is 7.35. The van der Waals surface area contributed by atoms with Gasteiger partial charge in [-0.2, -0.15) is 0 Å². The van der Waals surface area contributed by atoms with Crippen LogP contribution < -0.4 is 19.7 Å². The second kappa shape index (κ2) is 5.72. The van der Waals surface area contributed by atoms with E-state index in [1.165, 1.54) is 4.88 Å². The van der Waals surface area contributed by atoms with Crippen LogP contribution in [-0.4, -0.2) is 26.3 Å². The van der Waals surface area contributed by atoms with E-state index in [0.717, 1.165) is 36.0 Å². The third-order valence-electron chi connectivity index (χ3n) is 4.13. The number of hydrogen-bond donors (Lipinski definition) is 1. The predicted octanol–water partition coefficient (Wildman–Crippen LogP) is 3.98. The van der Waals surface area contributed by atoms with Gasteiger partial charge in [0, 0.05) is 23.6 Å². The molecule has 118 valence electrons. The van der Waals surface area contributed by atoms with Crippen molar-refractivity contribution in [3.63, 3.8) is 0 Å². The van der Waals surface area contributed by atoms with Crippen LogP contribution in [0.4, 0.5) is 11.4 Å². The molecule has 4 nitrogen and oxygen atoms in total. The number of rotatable bonds is 4. The first-order valence-corrected chi connectivity index (χ1v) is 8.23. The van der Waals surface area contributed by atoms with Gasteiger partial charge < -0.3 is 19.7 Å².